The van der Waals surface area contributed by atoms with Gasteiger partial charge in [0, 0.05) is 10.0 Å². The zero-order chi connectivity index (χ0) is 21.1. The molecular weight excluding hydrogens is 462 g/mol. The highest BCUT2D eigenvalue weighted by Gasteiger charge is 2.21. The number of fused-ring (bicyclic) bond motifs is 1. The highest BCUT2D eigenvalue weighted by molar-refractivity contribution is 9.10. The molecule has 0 bridgehead atoms. The summed E-state index contributed by atoms with van der Waals surface area (Å²) in [5, 5.41) is 6.36. The topological polar surface area (TPSA) is 54.8 Å². The van der Waals surface area contributed by atoms with Crippen LogP contribution in [0.1, 0.15) is 21.5 Å². The molecule has 0 saturated heterocycles. The predicted octanol–water partition coefficient (Wildman–Crippen LogP) is 6.06. The van der Waals surface area contributed by atoms with Crippen molar-refractivity contribution in [2.75, 3.05) is 12.1 Å². The fraction of sp³-hybridized carbons (Fsp3) is 0.0870. The molecule has 0 aliphatic carbocycles. The van der Waals surface area contributed by atoms with Gasteiger partial charge in [-0.05, 0) is 67.1 Å². The van der Waals surface area contributed by atoms with Gasteiger partial charge >= 0.3 is 0 Å². The number of hydrogen-bond acceptors (Lipinski definition) is 5. The Hall–Kier alpha value is -3.03. The van der Waals surface area contributed by atoms with Crippen LogP contribution in [0.3, 0.4) is 0 Å². The van der Waals surface area contributed by atoms with Crippen molar-refractivity contribution in [3.05, 3.63) is 87.9 Å². The normalized spacial score (nSPS) is 11.2. The quantitative estimate of drug-likeness (QED) is 0.258. The number of carbonyl (C=O) groups excluding carboxylic acids is 1. The van der Waals surface area contributed by atoms with Crippen LogP contribution in [-0.4, -0.2) is 24.2 Å². The van der Waals surface area contributed by atoms with E-state index in [0.29, 0.717) is 10.7 Å². The number of ether oxygens (including phenoxy) is 1. The molecule has 1 aromatic heterocycles. The first-order valence-corrected chi connectivity index (χ1v) is 10.8. The third-order valence-electron chi connectivity index (χ3n) is 4.45. The number of aryl methyl sites for hydroxylation is 1. The number of anilines is 1. The molecule has 1 amide bonds. The molecule has 0 atom stereocenters. The van der Waals surface area contributed by atoms with Crippen molar-refractivity contribution < 1.29 is 9.53 Å². The summed E-state index contributed by atoms with van der Waals surface area (Å²) in [4.78, 5) is 17.9. The summed E-state index contributed by atoms with van der Waals surface area (Å²) in [5.74, 6) is 0.523. The van der Waals surface area contributed by atoms with E-state index in [0.717, 1.165) is 31.6 Å². The summed E-state index contributed by atoms with van der Waals surface area (Å²) in [6, 6.07) is 20.7. The van der Waals surface area contributed by atoms with Gasteiger partial charge in [0.15, 0.2) is 0 Å². The molecule has 7 heteroatoms. The average Bonchev–Trinajstić information content (AvgIpc) is 3.17. The van der Waals surface area contributed by atoms with Crippen LogP contribution in [0.25, 0.3) is 10.2 Å². The van der Waals surface area contributed by atoms with Crippen LogP contribution in [0.15, 0.2) is 76.3 Å². The van der Waals surface area contributed by atoms with E-state index < -0.39 is 0 Å². The molecule has 0 saturated carbocycles. The second-order valence-electron chi connectivity index (χ2n) is 6.61. The number of nitrogens with zero attached hydrogens (tertiary/aromatic N) is 3. The summed E-state index contributed by atoms with van der Waals surface area (Å²) in [7, 11) is 1.62. The molecule has 0 fully saturated rings. The van der Waals surface area contributed by atoms with Gasteiger partial charge in [0.2, 0.25) is 5.13 Å². The van der Waals surface area contributed by atoms with Crippen LogP contribution in [0, 0.1) is 6.92 Å². The van der Waals surface area contributed by atoms with Gasteiger partial charge in [0.25, 0.3) is 5.91 Å². The van der Waals surface area contributed by atoms with E-state index in [1.807, 2.05) is 61.5 Å². The first-order valence-electron chi connectivity index (χ1n) is 9.19. The Morgan fingerprint density at radius 2 is 1.83 bits per heavy atom. The van der Waals surface area contributed by atoms with Crippen LogP contribution in [0.2, 0.25) is 0 Å². The molecule has 150 valence electrons. The molecule has 0 N–H and O–H groups in total. The van der Waals surface area contributed by atoms with Crippen LogP contribution in [0.5, 0.6) is 5.75 Å². The van der Waals surface area contributed by atoms with Crippen LogP contribution >= 0.6 is 27.3 Å². The number of hydrogen-bond donors (Lipinski definition) is 0. The van der Waals surface area contributed by atoms with Gasteiger partial charge in [-0.15, -0.1) is 0 Å². The second kappa shape index (κ2) is 8.77. The molecule has 4 aromatic rings. The molecule has 0 radical (unpaired) electrons. The molecule has 0 unspecified atom stereocenters. The van der Waals surface area contributed by atoms with E-state index in [4.69, 9.17) is 4.74 Å². The Morgan fingerprint density at radius 1 is 1.10 bits per heavy atom. The number of rotatable bonds is 5. The monoisotopic (exact) mass is 479 g/mol. The maximum absolute atomic E-state index is 13.3. The summed E-state index contributed by atoms with van der Waals surface area (Å²) < 4.78 is 7.13. The zero-order valence-electron chi connectivity index (χ0n) is 16.4. The van der Waals surface area contributed by atoms with Crippen molar-refractivity contribution in [1.82, 2.24) is 4.98 Å². The molecule has 3 aromatic carbocycles. The first kappa shape index (κ1) is 20.3. The van der Waals surface area contributed by atoms with Crippen molar-refractivity contribution in [3.8, 4) is 5.75 Å². The van der Waals surface area contributed by atoms with E-state index >= 15 is 0 Å². The Balaban J connectivity index is 1.73. The SMILES string of the molecule is COc1ccc(/C=N/N(C(=O)c2ccc(C)cc2)c2nc3ccc(Br)cc3s2)cc1. The van der Waals surface area contributed by atoms with E-state index in [1.165, 1.54) is 16.3 Å². The van der Waals surface area contributed by atoms with Gasteiger partial charge in [-0.25, -0.2) is 4.98 Å². The van der Waals surface area contributed by atoms with Crippen molar-refractivity contribution in [2.24, 2.45) is 5.10 Å². The van der Waals surface area contributed by atoms with Gasteiger partial charge in [0.1, 0.15) is 5.75 Å². The third-order valence-corrected chi connectivity index (χ3v) is 5.94. The van der Waals surface area contributed by atoms with Crippen molar-refractivity contribution in [2.45, 2.75) is 6.92 Å². The molecule has 0 aliphatic rings. The number of amides is 1. The average molecular weight is 480 g/mol. The van der Waals surface area contributed by atoms with Crippen LogP contribution in [-0.2, 0) is 0 Å². The number of methoxy groups -OCH3 is 1. The van der Waals surface area contributed by atoms with E-state index in [9.17, 15) is 4.79 Å². The van der Waals surface area contributed by atoms with Gasteiger partial charge in [-0.1, -0.05) is 45.0 Å². The standard InChI is InChI=1S/C23H18BrN3O2S/c1-15-3-7-17(8-4-15)22(28)27(25-14-16-5-10-19(29-2)11-6-16)23-26-20-12-9-18(24)13-21(20)30-23/h3-14H,1-2H3/b25-14+. The lowest BCUT2D eigenvalue weighted by Crippen LogP contribution is -2.25. The smallest absolute Gasteiger partial charge is 0.280 e. The Labute approximate surface area is 186 Å². The largest absolute Gasteiger partial charge is 0.497 e. The minimum absolute atomic E-state index is 0.238. The van der Waals surface area contributed by atoms with Crippen LogP contribution < -0.4 is 9.75 Å². The van der Waals surface area contributed by atoms with Gasteiger partial charge in [0.05, 0.1) is 23.5 Å². The molecule has 30 heavy (non-hydrogen) atoms. The minimum Gasteiger partial charge on any atom is -0.497 e. The van der Waals surface area contributed by atoms with Crippen molar-refractivity contribution >= 4 is 54.7 Å². The molecule has 0 spiro atoms. The zero-order valence-corrected chi connectivity index (χ0v) is 18.8. The summed E-state index contributed by atoms with van der Waals surface area (Å²) >= 11 is 4.90. The highest BCUT2D eigenvalue weighted by atomic mass is 79.9. The predicted molar refractivity (Wildman–Crippen MR) is 126 cm³/mol. The first-order chi connectivity index (χ1) is 14.5. The Bertz CT molecular complexity index is 1220. The van der Waals surface area contributed by atoms with E-state index in [-0.39, 0.29) is 5.91 Å². The number of benzene rings is 3. The Kier molecular flexibility index (Phi) is 5.92. The maximum Gasteiger partial charge on any atom is 0.280 e. The number of carbonyl (C=O) groups is 1. The highest BCUT2D eigenvalue weighted by Crippen LogP contribution is 2.32. The van der Waals surface area contributed by atoms with Gasteiger partial charge < -0.3 is 4.74 Å². The van der Waals surface area contributed by atoms with Gasteiger partial charge in [-0.3, -0.25) is 4.79 Å². The lowest BCUT2D eigenvalue weighted by Gasteiger charge is -2.14. The van der Waals surface area contributed by atoms with Crippen LogP contribution in [0.4, 0.5) is 5.13 Å². The fourth-order valence-electron chi connectivity index (χ4n) is 2.80. The number of aromatic nitrogens is 1. The Morgan fingerprint density at radius 3 is 2.53 bits per heavy atom. The second-order valence-corrected chi connectivity index (χ2v) is 8.53. The van der Waals surface area contributed by atoms with E-state index in [1.54, 1.807) is 25.5 Å². The van der Waals surface area contributed by atoms with E-state index in [2.05, 4.69) is 26.0 Å². The number of thiazole rings is 1. The number of hydrazone groups is 1. The van der Waals surface area contributed by atoms with Gasteiger partial charge in [-0.2, -0.15) is 10.1 Å². The molecule has 4 rings (SSSR count). The molecule has 5 nitrogen and oxygen atoms in total. The van der Waals surface area contributed by atoms with Crippen molar-refractivity contribution in [1.29, 1.82) is 0 Å². The summed E-state index contributed by atoms with van der Waals surface area (Å²) in [6.45, 7) is 1.99. The minimum atomic E-state index is -0.238. The third kappa shape index (κ3) is 4.42. The molecule has 1 heterocycles. The lowest BCUT2D eigenvalue weighted by molar-refractivity contribution is 0.0988. The molecular formula is C23H18BrN3O2S. The number of halogens is 1. The van der Waals surface area contributed by atoms with Crippen molar-refractivity contribution in [3.63, 3.8) is 0 Å². The fourth-order valence-corrected chi connectivity index (χ4v) is 4.27. The summed E-state index contributed by atoms with van der Waals surface area (Å²) in [5.41, 5.74) is 3.30. The summed E-state index contributed by atoms with van der Waals surface area (Å²) in [6.07, 6.45) is 1.65. The molecule has 0 aliphatic heterocycles. The lowest BCUT2D eigenvalue weighted by atomic mass is 10.1. The maximum atomic E-state index is 13.3.